The minimum atomic E-state index is -0.599. The zero-order chi connectivity index (χ0) is 32.6. The number of ether oxygens (including phenoxy) is 2. The van der Waals surface area contributed by atoms with E-state index < -0.39 is 23.6 Å². The molecule has 238 valence electrons. The first-order valence-corrected chi connectivity index (χ1v) is 15.0. The summed E-state index contributed by atoms with van der Waals surface area (Å²) < 4.78 is 11.4. The fourth-order valence-corrected chi connectivity index (χ4v) is 4.94. The fraction of sp³-hybridized carbons (Fsp3) is 0.406. The summed E-state index contributed by atoms with van der Waals surface area (Å²) in [6, 6.07) is 12.8. The highest BCUT2D eigenvalue weighted by atomic mass is 35.5. The van der Waals surface area contributed by atoms with Gasteiger partial charge in [-0.25, -0.2) is 19.6 Å². The summed E-state index contributed by atoms with van der Waals surface area (Å²) in [5, 5.41) is 17.3. The van der Waals surface area contributed by atoms with Gasteiger partial charge in [0.15, 0.2) is 11.5 Å². The summed E-state index contributed by atoms with van der Waals surface area (Å²) in [5.41, 5.74) is 2.89. The average Bonchev–Trinajstić information content (AvgIpc) is 3.01. The summed E-state index contributed by atoms with van der Waals surface area (Å²) in [4.78, 5) is 38.0. The lowest BCUT2D eigenvalue weighted by molar-refractivity contribution is 0.0315. The molecule has 1 aliphatic rings. The maximum absolute atomic E-state index is 12.9. The molecule has 2 heterocycles. The van der Waals surface area contributed by atoms with Crippen LogP contribution >= 0.6 is 11.6 Å². The van der Waals surface area contributed by atoms with E-state index in [2.05, 4.69) is 54.9 Å². The van der Waals surface area contributed by atoms with Gasteiger partial charge in [0.1, 0.15) is 17.9 Å². The molecule has 12 nitrogen and oxygen atoms in total. The molecule has 0 radical (unpaired) electrons. The van der Waals surface area contributed by atoms with Crippen molar-refractivity contribution in [1.82, 2.24) is 20.2 Å². The third-order valence-corrected chi connectivity index (χ3v) is 7.84. The Morgan fingerprint density at radius 3 is 2.38 bits per heavy atom. The molecular formula is C32H39ClN8O4. The number of hydrogen-bond donors (Lipinski definition) is 3. The van der Waals surface area contributed by atoms with Crippen LogP contribution in [0.25, 0.3) is 0 Å². The molecule has 1 aromatic heterocycles. The number of alkyl carbamates (subject to hydrolysis) is 1. The predicted octanol–water partition coefficient (Wildman–Crippen LogP) is 5.29. The standard InChI is InChI=1S/C32H39ClN8O4/c1-32(2,3)28(45-31(43)37-18-21-6-8-24(9-7-21)41-12-10-40(4)11-13-41)15-22-14-27(44-5)26(16-25(22)33)38-30(42)39-29-20-35-23(17-34)19-36-29/h6-9,14,16,19-20,28H,10-13,15,18H2,1-5H3,(H,37,43)(H2,36,38,39,42). The van der Waals surface area contributed by atoms with E-state index in [0.717, 1.165) is 31.7 Å². The van der Waals surface area contributed by atoms with Crippen molar-refractivity contribution in [2.45, 2.75) is 39.8 Å². The number of amides is 3. The van der Waals surface area contributed by atoms with Gasteiger partial charge in [0.2, 0.25) is 0 Å². The molecule has 0 saturated carbocycles. The topological polar surface area (TPSA) is 145 Å². The molecule has 0 spiro atoms. The molecule has 45 heavy (non-hydrogen) atoms. The Morgan fingerprint density at radius 2 is 1.78 bits per heavy atom. The second-order valence-corrected chi connectivity index (χ2v) is 12.3. The third-order valence-electron chi connectivity index (χ3n) is 7.49. The zero-order valence-electron chi connectivity index (χ0n) is 26.2. The van der Waals surface area contributed by atoms with Gasteiger partial charge in [-0.2, -0.15) is 5.26 Å². The van der Waals surface area contributed by atoms with E-state index >= 15 is 0 Å². The van der Waals surface area contributed by atoms with Gasteiger partial charge >= 0.3 is 12.1 Å². The highest BCUT2D eigenvalue weighted by Crippen LogP contribution is 2.35. The number of rotatable bonds is 9. The van der Waals surface area contributed by atoms with Crippen LogP contribution in [0.1, 0.15) is 37.6 Å². The number of urea groups is 1. The van der Waals surface area contributed by atoms with Crippen LogP contribution in [0.2, 0.25) is 5.02 Å². The molecule has 1 atom stereocenters. The first kappa shape index (κ1) is 33.3. The lowest BCUT2D eigenvalue weighted by Crippen LogP contribution is -2.44. The number of aromatic nitrogens is 2. The van der Waals surface area contributed by atoms with E-state index in [4.69, 9.17) is 26.3 Å². The highest BCUT2D eigenvalue weighted by molar-refractivity contribution is 6.31. The molecule has 13 heteroatoms. The van der Waals surface area contributed by atoms with E-state index in [9.17, 15) is 9.59 Å². The summed E-state index contributed by atoms with van der Waals surface area (Å²) >= 11 is 6.64. The molecule has 1 unspecified atom stereocenters. The van der Waals surface area contributed by atoms with Gasteiger partial charge in [0.25, 0.3) is 0 Å². The van der Waals surface area contributed by atoms with Crippen LogP contribution in [0.4, 0.5) is 26.8 Å². The van der Waals surface area contributed by atoms with Gasteiger partial charge in [-0.1, -0.05) is 44.5 Å². The Balaban J connectivity index is 1.36. The van der Waals surface area contributed by atoms with Gasteiger partial charge in [0, 0.05) is 49.9 Å². The Hall–Kier alpha value is -4.60. The van der Waals surface area contributed by atoms with Crippen LogP contribution < -0.4 is 25.6 Å². The van der Waals surface area contributed by atoms with Gasteiger partial charge < -0.3 is 29.9 Å². The first-order valence-electron chi connectivity index (χ1n) is 14.6. The minimum absolute atomic E-state index is 0.131. The minimum Gasteiger partial charge on any atom is -0.495 e. The molecule has 1 saturated heterocycles. The smallest absolute Gasteiger partial charge is 0.407 e. The molecule has 4 rings (SSSR count). The molecule has 1 fully saturated rings. The SMILES string of the molecule is COc1cc(CC(OC(=O)NCc2ccc(N3CCN(C)CC3)cc2)C(C)(C)C)c(Cl)cc1NC(=O)Nc1cnc(C#N)cn1. The van der Waals surface area contributed by atoms with E-state index in [1.54, 1.807) is 12.1 Å². The van der Waals surface area contributed by atoms with Crippen LogP contribution in [-0.4, -0.2) is 73.4 Å². The number of carbonyl (C=O) groups is 2. The largest absolute Gasteiger partial charge is 0.495 e. The Bertz CT molecular complexity index is 1510. The van der Waals surface area contributed by atoms with Gasteiger partial charge in [-0.15, -0.1) is 0 Å². The number of nitrogens with one attached hydrogen (secondary N) is 3. The maximum atomic E-state index is 12.9. The van der Waals surface area contributed by atoms with Crippen LogP contribution in [0.3, 0.4) is 0 Å². The molecule has 2 aromatic carbocycles. The lowest BCUT2D eigenvalue weighted by atomic mass is 9.85. The van der Waals surface area contributed by atoms with E-state index in [-0.39, 0.29) is 11.5 Å². The molecule has 3 aromatic rings. The van der Waals surface area contributed by atoms with E-state index in [0.29, 0.717) is 35.0 Å². The summed E-state index contributed by atoms with van der Waals surface area (Å²) in [5.74, 6) is 0.534. The Kier molecular flexibility index (Phi) is 11.0. The van der Waals surface area contributed by atoms with Crippen molar-refractivity contribution >= 4 is 40.9 Å². The Morgan fingerprint density at radius 1 is 1.07 bits per heavy atom. The monoisotopic (exact) mass is 634 g/mol. The van der Waals surface area contributed by atoms with Crippen molar-refractivity contribution in [3.63, 3.8) is 0 Å². The number of benzene rings is 2. The number of nitrogens with zero attached hydrogens (tertiary/aromatic N) is 5. The van der Waals surface area contributed by atoms with Crippen molar-refractivity contribution in [1.29, 1.82) is 5.26 Å². The van der Waals surface area contributed by atoms with Gasteiger partial charge in [-0.05, 0) is 47.9 Å². The molecule has 0 bridgehead atoms. The summed E-state index contributed by atoms with van der Waals surface area (Å²) in [6.07, 6.45) is 1.80. The zero-order valence-corrected chi connectivity index (χ0v) is 26.9. The number of nitriles is 1. The number of anilines is 3. The molecule has 0 aliphatic carbocycles. The quantitative estimate of drug-likeness (QED) is 0.286. The van der Waals surface area contributed by atoms with Crippen molar-refractivity contribution in [2.75, 3.05) is 55.9 Å². The van der Waals surface area contributed by atoms with Crippen molar-refractivity contribution < 1.29 is 19.1 Å². The van der Waals surface area contributed by atoms with E-state index in [1.807, 2.05) is 39.0 Å². The number of hydrogen-bond acceptors (Lipinski definition) is 9. The van der Waals surface area contributed by atoms with Crippen LogP contribution in [0.15, 0.2) is 48.8 Å². The normalized spacial score (nSPS) is 14.2. The van der Waals surface area contributed by atoms with Crippen molar-refractivity contribution in [2.24, 2.45) is 5.41 Å². The highest BCUT2D eigenvalue weighted by Gasteiger charge is 2.30. The average molecular weight is 635 g/mol. The fourth-order valence-electron chi connectivity index (χ4n) is 4.70. The molecular weight excluding hydrogens is 596 g/mol. The summed E-state index contributed by atoms with van der Waals surface area (Å²) in [6.45, 7) is 10.4. The number of carbonyl (C=O) groups excluding carboxylic acids is 2. The molecule has 3 amide bonds. The number of likely N-dealkylation sites (N-methyl/N-ethyl adjacent to an activating group) is 1. The number of methoxy groups -OCH3 is 1. The van der Waals surface area contributed by atoms with Crippen LogP contribution in [0, 0.1) is 16.7 Å². The lowest BCUT2D eigenvalue weighted by Gasteiger charge is -2.34. The molecule has 1 aliphatic heterocycles. The van der Waals surface area contributed by atoms with Gasteiger partial charge in [-0.3, -0.25) is 5.32 Å². The van der Waals surface area contributed by atoms with Crippen molar-refractivity contribution in [3.05, 3.63) is 70.6 Å². The summed E-state index contributed by atoms with van der Waals surface area (Å²) in [7, 11) is 3.61. The first-order chi connectivity index (χ1) is 21.4. The van der Waals surface area contributed by atoms with Crippen LogP contribution in [-0.2, 0) is 17.7 Å². The van der Waals surface area contributed by atoms with Gasteiger partial charge in [0.05, 0.1) is 25.2 Å². The predicted molar refractivity (Wildman–Crippen MR) is 174 cm³/mol. The van der Waals surface area contributed by atoms with Crippen LogP contribution in [0.5, 0.6) is 5.75 Å². The number of piperazine rings is 1. The Labute approximate surface area is 268 Å². The van der Waals surface area contributed by atoms with E-state index in [1.165, 1.54) is 25.2 Å². The third kappa shape index (κ3) is 9.44. The molecule has 3 N–H and O–H groups in total. The number of halogens is 1. The second kappa shape index (κ2) is 14.9. The maximum Gasteiger partial charge on any atom is 0.407 e. The van der Waals surface area contributed by atoms with Crippen molar-refractivity contribution in [3.8, 4) is 11.8 Å². The second-order valence-electron chi connectivity index (χ2n) is 11.9.